The number of nitrogens with zero attached hydrogens (tertiary/aromatic N) is 1. The van der Waals surface area contributed by atoms with Gasteiger partial charge in [-0.1, -0.05) is 5.16 Å². The second-order valence-electron chi connectivity index (χ2n) is 5.81. The molecule has 1 N–H and O–H groups in total. The third-order valence-electron chi connectivity index (χ3n) is 4.37. The van der Waals surface area contributed by atoms with Crippen LogP contribution in [0.15, 0.2) is 10.6 Å². The lowest BCUT2D eigenvalue weighted by Gasteiger charge is -2.29. The molecule has 0 saturated heterocycles. The van der Waals surface area contributed by atoms with Crippen LogP contribution >= 0.6 is 0 Å². The van der Waals surface area contributed by atoms with Crippen molar-refractivity contribution in [2.24, 2.45) is 0 Å². The van der Waals surface area contributed by atoms with Gasteiger partial charge in [0.25, 0.3) is 0 Å². The number of hydrogen-bond donors (Lipinski definition) is 1. The summed E-state index contributed by atoms with van der Waals surface area (Å²) in [6, 6.07) is 1.43. The van der Waals surface area contributed by atoms with Crippen LogP contribution in [0.4, 0.5) is 0 Å². The molecule has 0 amide bonds. The lowest BCUT2D eigenvalue weighted by Crippen LogP contribution is -2.17. The Kier molecular flexibility index (Phi) is 3.55. The Hall–Kier alpha value is -2.70. The highest BCUT2D eigenvalue weighted by molar-refractivity contribution is 5.87. The van der Waals surface area contributed by atoms with Crippen molar-refractivity contribution in [3.05, 3.63) is 23.0 Å². The smallest absolute Gasteiger partial charge is 0.374 e. The normalized spacial score (nSPS) is 15.7. The first-order chi connectivity index (χ1) is 11.7. The Morgan fingerprint density at radius 3 is 2.54 bits per heavy atom. The molecule has 3 heterocycles. The van der Waals surface area contributed by atoms with Crippen LogP contribution in [0.3, 0.4) is 0 Å². The van der Waals surface area contributed by atoms with Crippen LogP contribution in [0.1, 0.15) is 34.5 Å². The molecule has 4 rings (SSSR count). The molecule has 2 aliphatic rings. The third kappa shape index (κ3) is 2.19. The lowest BCUT2D eigenvalue weighted by atomic mass is 9.90. The molecular formula is C17H17NO6. The van der Waals surface area contributed by atoms with Gasteiger partial charge in [-0.25, -0.2) is 4.79 Å². The number of carboxylic acids is 1. The topological polar surface area (TPSA) is 91.0 Å². The Morgan fingerprint density at radius 2 is 1.88 bits per heavy atom. The molecule has 0 atom stereocenters. The molecule has 7 nitrogen and oxygen atoms in total. The SMILES string of the molecule is COc1c2c(c(-c3cc(C(=O)O)on3)c3c1OCCC3)OCCC2. The van der Waals surface area contributed by atoms with E-state index in [0.29, 0.717) is 36.2 Å². The van der Waals surface area contributed by atoms with E-state index in [1.165, 1.54) is 6.07 Å². The molecule has 0 bridgehead atoms. The molecule has 0 unspecified atom stereocenters. The van der Waals surface area contributed by atoms with E-state index in [-0.39, 0.29) is 5.76 Å². The first kappa shape index (κ1) is 14.9. The molecular weight excluding hydrogens is 314 g/mol. The van der Waals surface area contributed by atoms with E-state index < -0.39 is 5.97 Å². The number of aromatic carboxylic acids is 1. The van der Waals surface area contributed by atoms with Gasteiger partial charge in [-0.2, -0.15) is 0 Å². The molecule has 2 aliphatic heterocycles. The van der Waals surface area contributed by atoms with Crippen LogP contribution in [-0.2, 0) is 12.8 Å². The summed E-state index contributed by atoms with van der Waals surface area (Å²) in [6.45, 7) is 1.23. The predicted molar refractivity (Wildman–Crippen MR) is 83.1 cm³/mol. The molecule has 0 saturated carbocycles. The van der Waals surface area contributed by atoms with Gasteiger partial charge in [0, 0.05) is 17.2 Å². The van der Waals surface area contributed by atoms with Gasteiger partial charge in [0.2, 0.25) is 5.76 Å². The zero-order chi connectivity index (χ0) is 16.7. The molecule has 24 heavy (non-hydrogen) atoms. The number of aromatic nitrogens is 1. The van der Waals surface area contributed by atoms with Gasteiger partial charge < -0.3 is 23.8 Å². The zero-order valence-corrected chi connectivity index (χ0v) is 13.3. The molecule has 7 heteroatoms. The van der Waals surface area contributed by atoms with Gasteiger partial charge in [-0.3, -0.25) is 0 Å². The van der Waals surface area contributed by atoms with Crippen molar-refractivity contribution in [1.82, 2.24) is 5.16 Å². The molecule has 1 aromatic heterocycles. The van der Waals surface area contributed by atoms with E-state index in [1.54, 1.807) is 7.11 Å². The molecule has 1 aromatic carbocycles. The maximum Gasteiger partial charge on any atom is 0.374 e. The number of rotatable bonds is 3. The van der Waals surface area contributed by atoms with Crippen molar-refractivity contribution < 1.29 is 28.6 Å². The van der Waals surface area contributed by atoms with Gasteiger partial charge in [0.05, 0.1) is 25.9 Å². The Morgan fingerprint density at radius 1 is 1.17 bits per heavy atom. The minimum Gasteiger partial charge on any atom is -0.492 e. The molecule has 126 valence electrons. The monoisotopic (exact) mass is 331 g/mol. The molecule has 0 fully saturated rings. The molecule has 2 aromatic rings. The second-order valence-corrected chi connectivity index (χ2v) is 5.81. The number of hydrogen-bond acceptors (Lipinski definition) is 6. The Balaban J connectivity index is 1.99. The van der Waals surface area contributed by atoms with E-state index in [4.69, 9.17) is 23.8 Å². The van der Waals surface area contributed by atoms with Crippen molar-refractivity contribution in [3.8, 4) is 28.5 Å². The van der Waals surface area contributed by atoms with Gasteiger partial charge in [0.15, 0.2) is 11.5 Å². The van der Waals surface area contributed by atoms with Gasteiger partial charge in [-0.05, 0) is 25.7 Å². The fourth-order valence-electron chi connectivity index (χ4n) is 3.38. The number of carbonyl (C=O) groups is 1. The number of methoxy groups -OCH3 is 1. The molecule has 0 radical (unpaired) electrons. The fourth-order valence-corrected chi connectivity index (χ4v) is 3.38. The lowest BCUT2D eigenvalue weighted by molar-refractivity contribution is 0.0652. The minimum absolute atomic E-state index is 0.198. The highest BCUT2D eigenvalue weighted by Gasteiger charge is 2.32. The standard InChI is InChI=1S/C17H17NO6/c1-21-15-10-5-3-6-22-14(10)13(9-4-2-7-23-16(9)15)11-8-12(17(19)20)24-18-11/h8H,2-7H2,1H3,(H,19,20). The Labute approximate surface area is 138 Å². The van der Waals surface area contributed by atoms with Crippen LogP contribution in [0, 0.1) is 0 Å². The van der Waals surface area contributed by atoms with Crippen molar-refractivity contribution in [2.75, 3.05) is 20.3 Å². The van der Waals surface area contributed by atoms with E-state index in [9.17, 15) is 4.79 Å². The summed E-state index contributed by atoms with van der Waals surface area (Å²) in [5, 5.41) is 13.0. The number of fused-ring (bicyclic) bond motifs is 2. The van der Waals surface area contributed by atoms with Crippen LogP contribution in [0.5, 0.6) is 17.2 Å². The average Bonchev–Trinajstić information content (AvgIpc) is 3.09. The first-order valence-electron chi connectivity index (χ1n) is 7.92. The minimum atomic E-state index is -1.15. The van der Waals surface area contributed by atoms with Crippen LogP contribution in [-0.4, -0.2) is 36.6 Å². The van der Waals surface area contributed by atoms with Gasteiger partial charge in [0.1, 0.15) is 11.4 Å². The fraction of sp³-hybridized carbons (Fsp3) is 0.412. The number of carboxylic acid groups (broad SMARTS) is 1. The summed E-state index contributed by atoms with van der Waals surface area (Å²) in [5.41, 5.74) is 3.09. The largest absolute Gasteiger partial charge is 0.492 e. The summed E-state index contributed by atoms with van der Waals surface area (Å²) in [5.74, 6) is 0.776. The van der Waals surface area contributed by atoms with Crippen LogP contribution in [0.25, 0.3) is 11.3 Å². The highest BCUT2D eigenvalue weighted by Crippen LogP contribution is 2.51. The summed E-state index contributed by atoms with van der Waals surface area (Å²) < 4.78 is 22.3. The van der Waals surface area contributed by atoms with E-state index in [0.717, 1.165) is 42.4 Å². The summed E-state index contributed by atoms with van der Waals surface area (Å²) in [7, 11) is 1.63. The second kappa shape index (κ2) is 5.74. The quantitative estimate of drug-likeness (QED) is 0.924. The maximum atomic E-state index is 11.1. The van der Waals surface area contributed by atoms with E-state index >= 15 is 0 Å². The van der Waals surface area contributed by atoms with Crippen LogP contribution < -0.4 is 14.2 Å². The number of benzene rings is 1. The van der Waals surface area contributed by atoms with E-state index in [1.807, 2.05) is 0 Å². The summed E-state index contributed by atoms with van der Waals surface area (Å²) in [6.07, 6.45) is 3.35. The Bertz CT molecular complexity index is 773. The predicted octanol–water partition coefficient (Wildman–Crippen LogP) is 2.70. The average molecular weight is 331 g/mol. The number of ether oxygens (including phenoxy) is 3. The maximum absolute atomic E-state index is 11.1. The summed E-state index contributed by atoms with van der Waals surface area (Å²) in [4.78, 5) is 11.1. The van der Waals surface area contributed by atoms with Crippen molar-refractivity contribution in [1.29, 1.82) is 0 Å². The van der Waals surface area contributed by atoms with E-state index in [2.05, 4.69) is 5.16 Å². The van der Waals surface area contributed by atoms with Gasteiger partial charge >= 0.3 is 5.97 Å². The molecule has 0 spiro atoms. The summed E-state index contributed by atoms with van der Waals surface area (Å²) >= 11 is 0. The van der Waals surface area contributed by atoms with Crippen molar-refractivity contribution >= 4 is 5.97 Å². The van der Waals surface area contributed by atoms with Crippen molar-refractivity contribution in [3.63, 3.8) is 0 Å². The third-order valence-corrected chi connectivity index (χ3v) is 4.37. The van der Waals surface area contributed by atoms with Crippen molar-refractivity contribution in [2.45, 2.75) is 25.7 Å². The molecule has 0 aliphatic carbocycles. The first-order valence-corrected chi connectivity index (χ1v) is 7.92. The highest BCUT2D eigenvalue weighted by atomic mass is 16.5. The van der Waals surface area contributed by atoms with Crippen LogP contribution in [0.2, 0.25) is 0 Å². The van der Waals surface area contributed by atoms with Gasteiger partial charge in [-0.15, -0.1) is 0 Å². The zero-order valence-electron chi connectivity index (χ0n) is 13.3.